The summed E-state index contributed by atoms with van der Waals surface area (Å²) in [5.41, 5.74) is 1.82. The molecule has 0 bridgehead atoms. The molecule has 0 spiro atoms. The Balaban J connectivity index is 2.12. The fourth-order valence-corrected chi connectivity index (χ4v) is 2.91. The summed E-state index contributed by atoms with van der Waals surface area (Å²) in [5.74, 6) is -0.819. The van der Waals surface area contributed by atoms with Crippen molar-refractivity contribution >= 4 is 40.1 Å². The number of ether oxygens (including phenoxy) is 1. The van der Waals surface area contributed by atoms with E-state index in [1.165, 1.54) is 12.1 Å². The topological polar surface area (TPSA) is 31.2 Å². The molecular weight excluding hydrogens is 352 g/mol. The molecule has 1 aromatic heterocycles. The van der Waals surface area contributed by atoms with Crippen LogP contribution in [0, 0.1) is 5.82 Å². The molecule has 0 aliphatic rings. The molecular formula is C18H14Cl2FNO2. The molecule has 0 amide bonds. The maximum absolute atomic E-state index is 13.7. The highest BCUT2D eigenvalue weighted by Gasteiger charge is 2.17. The van der Waals surface area contributed by atoms with E-state index in [0.29, 0.717) is 27.8 Å². The van der Waals surface area contributed by atoms with Crippen LogP contribution in [-0.2, 0) is 11.3 Å². The third-order valence-corrected chi connectivity index (χ3v) is 4.41. The van der Waals surface area contributed by atoms with Gasteiger partial charge in [0.25, 0.3) is 0 Å². The lowest BCUT2D eigenvalue weighted by molar-refractivity contribution is 0.0515. The Bertz CT molecular complexity index is 921. The van der Waals surface area contributed by atoms with Crippen LogP contribution in [0.1, 0.15) is 23.0 Å². The Morgan fingerprint density at radius 2 is 1.92 bits per heavy atom. The fourth-order valence-electron chi connectivity index (χ4n) is 2.59. The molecule has 0 aliphatic carbocycles. The number of nitrogens with zero attached hydrogens (tertiary/aromatic N) is 1. The zero-order valence-electron chi connectivity index (χ0n) is 12.9. The zero-order chi connectivity index (χ0) is 17.3. The summed E-state index contributed by atoms with van der Waals surface area (Å²) in [6, 6.07) is 11.3. The van der Waals surface area contributed by atoms with E-state index in [4.69, 9.17) is 27.9 Å². The second-order valence-corrected chi connectivity index (χ2v) is 6.10. The van der Waals surface area contributed by atoms with Gasteiger partial charge in [-0.15, -0.1) is 0 Å². The quantitative estimate of drug-likeness (QED) is 0.586. The molecule has 6 heteroatoms. The summed E-state index contributed by atoms with van der Waals surface area (Å²) in [7, 11) is 0. The highest BCUT2D eigenvalue weighted by atomic mass is 35.5. The van der Waals surface area contributed by atoms with Gasteiger partial charge in [0.05, 0.1) is 22.2 Å². The highest BCUT2D eigenvalue weighted by Crippen LogP contribution is 2.26. The fraction of sp³-hybridized carbons (Fsp3) is 0.167. The average Bonchev–Trinajstić information content (AvgIpc) is 2.89. The number of hydrogen-bond acceptors (Lipinski definition) is 2. The molecule has 3 aromatic rings. The van der Waals surface area contributed by atoms with Crippen molar-refractivity contribution in [2.75, 3.05) is 6.61 Å². The molecule has 0 N–H and O–H groups in total. The van der Waals surface area contributed by atoms with Crippen LogP contribution in [0.15, 0.2) is 42.5 Å². The smallest absolute Gasteiger partial charge is 0.354 e. The van der Waals surface area contributed by atoms with E-state index in [-0.39, 0.29) is 12.4 Å². The first kappa shape index (κ1) is 16.8. The lowest BCUT2D eigenvalue weighted by Crippen LogP contribution is -2.13. The molecule has 0 saturated heterocycles. The highest BCUT2D eigenvalue weighted by molar-refractivity contribution is 6.42. The molecule has 0 aliphatic heterocycles. The number of aromatic nitrogens is 1. The van der Waals surface area contributed by atoms with Gasteiger partial charge in [-0.1, -0.05) is 29.3 Å². The first-order chi connectivity index (χ1) is 11.5. The SMILES string of the molecule is CCOC(=O)c1cc2ccc(F)cc2n1Cc1ccc(Cl)c(Cl)c1. The summed E-state index contributed by atoms with van der Waals surface area (Å²) in [5, 5.41) is 1.64. The van der Waals surface area contributed by atoms with Crippen molar-refractivity contribution < 1.29 is 13.9 Å². The predicted molar refractivity (Wildman–Crippen MR) is 93.4 cm³/mol. The Hall–Kier alpha value is -2.04. The van der Waals surface area contributed by atoms with Gasteiger partial charge >= 0.3 is 5.97 Å². The third kappa shape index (κ3) is 3.25. The molecule has 0 fully saturated rings. The van der Waals surface area contributed by atoms with Crippen LogP contribution in [0.3, 0.4) is 0 Å². The van der Waals surface area contributed by atoms with Crippen LogP contribution >= 0.6 is 23.2 Å². The number of esters is 1. The standard InChI is InChI=1S/C18H14Cl2FNO2/c1-2-24-18(23)17-8-12-4-5-13(21)9-16(12)22(17)10-11-3-6-14(19)15(20)7-11/h3-9H,2,10H2,1H3. The summed E-state index contributed by atoms with van der Waals surface area (Å²) < 4.78 is 20.5. The van der Waals surface area contributed by atoms with E-state index < -0.39 is 5.97 Å². The van der Waals surface area contributed by atoms with Gasteiger partial charge in [0.1, 0.15) is 11.5 Å². The van der Waals surface area contributed by atoms with Crippen LogP contribution in [-0.4, -0.2) is 17.1 Å². The van der Waals surface area contributed by atoms with Crippen LogP contribution in [0.25, 0.3) is 10.9 Å². The summed E-state index contributed by atoms with van der Waals surface area (Å²) in [6.45, 7) is 2.35. The predicted octanol–water partition coefficient (Wildman–Crippen LogP) is 5.31. The van der Waals surface area contributed by atoms with Gasteiger partial charge in [0.2, 0.25) is 0 Å². The number of carbonyl (C=O) groups is 1. The monoisotopic (exact) mass is 365 g/mol. The Morgan fingerprint density at radius 3 is 2.62 bits per heavy atom. The van der Waals surface area contributed by atoms with Crippen molar-refractivity contribution in [3.05, 3.63) is 69.6 Å². The van der Waals surface area contributed by atoms with Crippen LogP contribution in [0.5, 0.6) is 0 Å². The maximum Gasteiger partial charge on any atom is 0.354 e. The minimum atomic E-state index is -0.450. The van der Waals surface area contributed by atoms with E-state index in [2.05, 4.69) is 0 Å². The number of carbonyl (C=O) groups excluding carboxylic acids is 1. The van der Waals surface area contributed by atoms with E-state index >= 15 is 0 Å². The Morgan fingerprint density at radius 1 is 1.12 bits per heavy atom. The molecule has 124 valence electrons. The lowest BCUT2D eigenvalue weighted by Gasteiger charge is -2.11. The average molecular weight is 366 g/mol. The Labute approximate surface area is 148 Å². The second-order valence-electron chi connectivity index (χ2n) is 5.29. The largest absolute Gasteiger partial charge is 0.461 e. The molecule has 0 saturated carbocycles. The molecule has 0 unspecified atom stereocenters. The normalized spacial score (nSPS) is 11.0. The number of hydrogen-bond donors (Lipinski definition) is 0. The van der Waals surface area contributed by atoms with Gasteiger partial charge in [0.15, 0.2) is 0 Å². The van der Waals surface area contributed by atoms with Crippen molar-refractivity contribution in [2.24, 2.45) is 0 Å². The summed E-state index contributed by atoms with van der Waals surface area (Å²) in [6.07, 6.45) is 0. The molecule has 3 nitrogen and oxygen atoms in total. The minimum absolute atomic E-state index is 0.265. The molecule has 3 rings (SSSR count). The third-order valence-electron chi connectivity index (χ3n) is 3.68. The first-order valence-electron chi connectivity index (χ1n) is 7.39. The van der Waals surface area contributed by atoms with Gasteiger partial charge in [-0.2, -0.15) is 0 Å². The van der Waals surface area contributed by atoms with Crippen LogP contribution in [0.4, 0.5) is 4.39 Å². The van der Waals surface area contributed by atoms with Crippen molar-refractivity contribution in [3.63, 3.8) is 0 Å². The van der Waals surface area contributed by atoms with Crippen LogP contribution in [0.2, 0.25) is 10.0 Å². The van der Waals surface area contributed by atoms with E-state index in [9.17, 15) is 9.18 Å². The molecule has 1 heterocycles. The first-order valence-corrected chi connectivity index (χ1v) is 8.15. The van der Waals surface area contributed by atoms with Crippen molar-refractivity contribution in [1.82, 2.24) is 4.57 Å². The number of rotatable bonds is 4. The summed E-state index contributed by atoms with van der Waals surface area (Å²) in [4.78, 5) is 12.2. The molecule has 0 atom stereocenters. The Kier molecular flexibility index (Phi) is 4.78. The summed E-state index contributed by atoms with van der Waals surface area (Å²) >= 11 is 12.0. The van der Waals surface area contributed by atoms with Crippen molar-refractivity contribution in [3.8, 4) is 0 Å². The van der Waals surface area contributed by atoms with Crippen molar-refractivity contribution in [2.45, 2.75) is 13.5 Å². The van der Waals surface area contributed by atoms with E-state index in [1.807, 2.05) is 6.07 Å². The van der Waals surface area contributed by atoms with Crippen molar-refractivity contribution in [1.29, 1.82) is 0 Å². The van der Waals surface area contributed by atoms with Gasteiger partial charge < -0.3 is 9.30 Å². The zero-order valence-corrected chi connectivity index (χ0v) is 14.4. The number of halogens is 3. The molecule has 0 radical (unpaired) electrons. The van der Waals surface area contributed by atoms with Gasteiger partial charge in [-0.25, -0.2) is 9.18 Å². The minimum Gasteiger partial charge on any atom is -0.461 e. The van der Waals surface area contributed by atoms with Gasteiger partial charge in [0, 0.05) is 11.9 Å². The van der Waals surface area contributed by atoms with E-state index in [0.717, 1.165) is 10.9 Å². The lowest BCUT2D eigenvalue weighted by atomic mass is 10.2. The number of fused-ring (bicyclic) bond motifs is 1. The van der Waals surface area contributed by atoms with Crippen LogP contribution < -0.4 is 0 Å². The molecule has 24 heavy (non-hydrogen) atoms. The number of benzene rings is 2. The van der Waals surface area contributed by atoms with Gasteiger partial charge in [-0.3, -0.25) is 0 Å². The maximum atomic E-state index is 13.7. The van der Waals surface area contributed by atoms with E-state index in [1.54, 1.807) is 35.8 Å². The molecule has 2 aromatic carbocycles. The second kappa shape index (κ2) is 6.83. The van der Waals surface area contributed by atoms with Gasteiger partial charge in [-0.05, 0) is 48.9 Å².